The Morgan fingerprint density at radius 1 is 0.909 bits per heavy atom. The van der Waals surface area contributed by atoms with Crippen LogP contribution < -0.4 is 0 Å². The minimum Gasteiger partial charge on any atom is -0.207 e. The second-order valence-electron chi connectivity index (χ2n) is 6.24. The smallest absolute Gasteiger partial charge is 0.123 e. The van der Waals surface area contributed by atoms with Crippen LogP contribution in [0.2, 0.25) is 0 Å². The van der Waals surface area contributed by atoms with Gasteiger partial charge in [0.25, 0.3) is 0 Å². The third kappa shape index (κ3) is 3.47. The van der Waals surface area contributed by atoms with Gasteiger partial charge < -0.3 is 0 Å². The average molecular weight is 294 g/mol. The Kier molecular flexibility index (Phi) is 4.72. The van der Waals surface area contributed by atoms with Crippen LogP contribution in [0.15, 0.2) is 54.6 Å². The molecule has 1 unspecified atom stereocenters. The number of benzene rings is 2. The summed E-state index contributed by atoms with van der Waals surface area (Å²) in [5.41, 5.74) is 5.02. The van der Waals surface area contributed by atoms with Gasteiger partial charge in [-0.1, -0.05) is 62.2 Å². The van der Waals surface area contributed by atoms with Gasteiger partial charge >= 0.3 is 0 Å². The van der Waals surface area contributed by atoms with E-state index < -0.39 is 0 Å². The molecule has 0 heterocycles. The monoisotopic (exact) mass is 294 g/mol. The maximum atomic E-state index is 13.0. The van der Waals surface area contributed by atoms with Crippen LogP contribution in [0.4, 0.5) is 4.39 Å². The fraction of sp³-hybridized carbons (Fsp3) is 0.333. The highest BCUT2D eigenvalue weighted by atomic mass is 19.1. The Morgan fingerprint density at radius 3 is 2.05 bits per heavy atom. The van der Waals surface area contributed by atoms with Gasteiger partial charge in [0.2, 0.25) is 0 Å². The van der Waals surface area contributed by atoms with Gasteiger partial charge in [-0.15, -0.1) is 0 Å². The van der Waals surface area contributed by atoms with Crippen molar-refractivity contribution in [3.8, 4) is 11.1 Å². The molecule has 0 bridgehead atoms. The average Bonchev–Trinajstić information content (AvgIpc) is 2.57. The molecule has 114 valence electrons. The lowest BCUT2D eigenvalue weighted by Crippen LogP contribution is -2.04. The minimum absolute atomic E-state index is 0.186. The molecular weight excluding hydrogens is 271 g/mol. The lowest BCUT2D eigenvalue weighted by atomic mass is 9.84. The fourth-order valence-corrected chi connectivity index (χ4v) is 3.34. The van der Waals surface area contributed by atoms with E-state index in [0.717, 1.165) is 17.0 Å². The van der Waals surface area contributed by atoms with Gasteiger partial charge in [-0.05, 0) is 59.6 Å². The highest BCUT2D eigenvalue weighted by molar-refractivity contribution is 5.70. The van der Waals surface area contributed by atoms with Crippen LogP contribution in [-0.4, -0.2) is 0 Å². The van der Waals surface area contributed by atoms with Crippen LogP contribution in [0, 0.1) is 11.7 Å². The third-order valence-corrected chi connectivity index (χ3v) is 4.65. The van der Waals surface area contributed by atoms with Gasteiger partial charge in [0.05, 0.1) is 0 Å². The maximum Gasteiger partial charge on any atom is 0.123 e. The van der Waals surface area contributed by atoms with Crippen molar-refractivity contribution in [2.75, 3.05) is 0 Å². The molecule has 2 aromatic rings. The van der Waals surface area contributed by atoms with E-state index in [1.807, 2.05) is 12.1 Å². The summed E-state index contributed by atoms with van der Waals surface area (Å²) < 4.78 is 13.0. The molecule has 0 fully saturated rings. The van der Waals surface area contributed by atoms with Crippen molar-refractivity contribution >= 4 is 5.57 Å². The summed E-state index contributed by atoms with van der Waals surface area (Å²) in [6, 6.07) is 15.4. The molecule has 0 aromatic heterocycles. The molecule has 0 saturated carbocycles. The maximum absolute atomic E-state index is 13.0. The van der Waals surface area contributed by atoms with Gasteiger partial charge in [0, 0.05) is 0 Å². The molecule has 0 amide bonds. The molecule has 0 radical (unpaired) electrons. The lowest BCUT2D eigenvalue weighted by molar-refractivity contribution is 0.445. The first kappa shape index (κ1) is 15.0. The molecule has 0 saturated heterocycles. The molecule has 0 N–H and O–H groups in total. The van der Waals surface area contributed by atoms with Gasteiger partial charge in [-0.3, -0.25) is 0 Å². The number of hydrogen-bond donors (Lipinski definition) is 0. The molecule has 0 aliphatic heterocycles. The summed E-state index contributed by atoms with van der Waals surface area (Å²) in [5, 5.41) is 0. The Labute approximate surface area is 132 Å². The summed E-state index contributed by atoms with van der Waals surface area (Å²) in [6.07, 6.45) is 8.81. The molecular formula is C21H23F. The Morgan fingerprint density at radius 2 is 1.50 bits per heavy atom. The van der Waals surface area contributed by atoms with Gasteiger partial charge in [-0.2, -0.15) is 0 Å². The Balaban J connectivity index is 1.73. The normalized spacial score (nSPS) is 18.1. The quantitative estimate of drug-likeness (QED) is 0.605. The van der Waals surface area contributed by atoms with Crippen LogP contribution in [0.5, 0.6) is 0 Å². The van der Waals surface area contributed by atoms with Crippen LogP contribution in [-0.2, 0) is 0 Å². The molecule has 1 heteroatoms. The van der Waals surface area contributed by atoms with Gasteiger partial charge in [0.1, 0.15) is 5.82 Å². The summed E-state index contributed by atoms with van der Waals surface area (Å²) in [7, 11) is 0. The van der Waals surface area contributed by atoms with Crippen LogP contribution in [0.1, 0.15) is 44.6 Å². The van der Waals surface area contributed by atoms with Crippen molar-refractivity contribution in [1.82, 2.24) is 0 Å². The topological polar surface area (TPSA) is 0 Å². The molecule has 1 aliphatic carbocycles. The molecule has 1 atom stereocenters. The zero-order valence-electron chi connectivity index (χ0n) is 13.2. The molecule has 0 spiro atoms. The third-order valence-electron chi connectivity index (χ3n) is 4.65. The van der Waals surface area contributed by atoms with E-state index in [9.17, 15) is 4.39 Å². The molecule has 3 rings (SSSR count). The van der Waals surface area contributed by atoms with Crippen molar-refractivity contribution in [2.24, 2.45) is 5.92 Å². The van der Waals surface area contributed by atoms with E-state index in [2.05, 4.69) is 37.3 Å². The number of halogens is 1. The van der Waals surface area contributed by atoms with Crippen LogP contribution >= 0.6 is 0 Å². The van der Waals surface area contributed by atoms with E-state index >= 15 is 0 Å². The Hall–Kier alpha value is -1.89. The number of rotatable bonds is 4. The summed E-state index contributed by atoms with van der Waals surface area (Å²) in [5.74, 6) is 0.696. The highest BCUT2D eigenvalue weighted by Crippen LogP contribution is 2.33. The largest absolute Gasteiger partial charge is 0.207 e. The van der Waals surface area contributed by atoms with E-state index in [1.165, 1.54) is 55.4 Å². The summed E-state index contributed by atoms with van der Waals surface area (Å²) in [6.45, 7) is 2.27. The van der Waals surface area contributed by atoms with Gasteiger partial charge in [-0.25, -0.2) is 4.39 Å². The van der Waals surface area contributed by atoms with Crippen molar-refractivity contribution in [2.45, 2.75) is 39.0 Å². The van der Waals surface area contributed by atoms with E-state index in [4.69, 9.17) is 0 Å². The SMILES string of the molecule is CCCC1CC=C(c2ccc(-c3ccc(F)cc3)cc2)CC1. The van der Waals surface area contributed by atoms with Crippen LogP contribution in [0.25, 0.3) is 16.7 Å². The van der Waals surface area contributed by atoms with Crippen molar-refractivity contribution in [1.29, 1.82) is 0 Å². The predicted molar refractivity (Wildman–Crippen MR) is 92.1 cm³/mol. The van der Waals surface area contributed by atoms with E-state index in [0.29, 0.717) is 0 Å². The zero-order chi connectivity index (χ0) is 15.4. The van der Waals surface area contributed by atoms with Crippen LogP contribution in [0.3, 0.4) is 0 Å². The van der Waals surface area contributed by atoms with Crippen molar-refractivity contribution in [3.05, 3.63) is 66.0 Å². The van der Waals surface area contributed by atoms with Gasteiger partial charge in [0.15, 0.2) is 0 Å². The summed E-state index contributed by atoms with van der Waals surface area (Å²) in [4.78, 5) is 0. The summed E-state index contributed by atoms with van der Waals surface area (Å²) >= 11 is 0. The Bertz CT molecular complexity index is 635. The predicted octanol–water partition coefficient (Wildman–Crippen LogP) is 6.48. The van der Waals surface area contributed by atoms with E-state index in [-0.39, 0.29) is 5.82 Å². The molecule has 1 aliphatic rings. The highest BCUT2D eigenvalue weighted by Gasteiger charge is 2.14. The first-order valence-electron chi connectivity index (χ1n) is 8.31. The number of allylic oxidation sites excluding steroid dienone is 2. The molecule has 0 nitrogen and oxygen atoms in total. The number of hydrogen-bond acceptors (Lipinski definition) is 0. The van der Waals surface area contributed by atoms with Crippen molar-refractivity contribution < 1.29 is 4.39 Å². The second-order valence-corrected chi connectivity index (χ2v) is 6.24. The first-order valence-corrected chi connectivity index (χ1v) is 8.31. The molecule has 22 heavy (non-hydrogen) atoms. The lowest BCUT2D eigenvalue weighted by Gasteiger charge is -2.21. The second kappa shape index (κ2) is 6.91. The zero-order valence-corrected chi connectivity index (χ0v) is 13.2. The first-order chi connectivity index (χ1) is 10.8. The standard InChI is InChI=1S/C21H23F/c1-2-3-16-4-6-17(7-5-16)18-8-10-19(11-9-18)20-12-14-21(22)15-13-20/h6,8-16H,2-5,7H2,1H3. The molecule has 2 aromatic carbocycles. The minimum atomic E-state index is -0.186. The fourth-order valence-electron chi connectivity index (χ4n) is 3.34. The van der Waals surface area contributed by atoms with Crippen molar-refractivity contribution in [3.63, 3.8) is 0 Å². The van der Waals surface area contributed by atoms with E-state index in [1.54, 1.807) is 0 Å².